The molecular formula is C17H20ClN5O5. The average molecular weight is 410 g/mol. The molecule has 10 nitrogen and oxygen atoms in total. The molecule has 11 heteroatoms. The Morgan fingerprint density at radius 3 is 2.86 bits per heavy atom. The van der Waals surface area contributed by atoms with Crippen molar-refractivity contribution >= 4 is 23.2 Å². The molecule has 1 fully saturated rings. The van der Waals surface area contributed by atoms with Crippen molar-refractivity contribution < 1.29 is 19.2 Å². The number of nitro benzene ring substituents is 1. The lowest BCUT2D eigenvalue weighted by molar-refractivity contribution is -0.384. The quantitative estimate of drug-likeness (QED) is 0.520. The lowest BCUT2D eigenvalue weighted by atomic mass is 10.3. The minimum atomic E-state index is -0.535. The highest BCUT2D eigenvalue weighted by atomic mass is 35.5. The van der Waals surface area contributed by atoms with Crippen LogP contribution in [0.2, 0.25) is 5.02 Å². The number of aromatic nitrogens is 2. The number of ether oxygens (including phenoxy) is 2. The smallest absolute Gasteiger partial charge is 0.271 e. The van der Waals surface area contributed by atoms with Gasteiger partial charge in [0.25, 0.3) is 11.6 Å². The van der Waals surface area contributed by atoms with E-state index in [2.05, 4.69) is 15.3 Å². The van der Waals surface area contributed by atoms with Gasteiger partial charge in [-0.2, -0.15) is 5.10 Å². The highest BCUT2D eigenvalue weighted by molar-refractivity contribution is 6.32. The zero-order valence-electron chi connectivity index (χ0n) is 15.0. The van der Waals surface area contributed by atoms with Crippen LogP contribution in [0.5, 0.6) is 5.75 Å². The maximum atomic E-state index is 12.2. The lowest BCUT2D eigenvalue weighted by Crippen LogP contribution is -2.41. The maximum Gasteiger partial charge on any atom is 0.271 e. The van der Waals surface area contributed by atoms with Gasteiger partial charge in [0.05, 0.1) is 23.2 Å². The van der Waals surface area contributed by atoms with Crippen LogP contribution in [0.3, 0.4) is 0 Å². The molecule has 28 heavy (non-hydrogen) atoms. The average Bonchev–Trinajstić information content (AvgIpc) is 3.17. The standard InChI is InChI=1S/C17H20ClN5O5/c18-14-11-13(23(25)26)1-2-16(14)28-12-22-5-3-15(20-22)17(24)19-4-6-21-7-9-27-10-8-21/h1-3,5,11H,4,6-10,12H2,(H,19,24). The zero-order valence-corrected chi connectivity index (χ0v) is 15.8. The Kier molecular flexibility index (Phi) is 6.80. The largest absolute Gasteiger partial charge is 0.470 e. The van der Waals surface area contributed by atoms with Crippen LogP contribution in [0.1, 0.15) is 10.5 Å². The summed E-state index contributed by atoms with van der Waals surface area (Å²) in [5, 5.41) is 17.8. The molecule has 1 N–H and O–H groups in total. The molecule has 1 amide bonds. The summed E-state index contributed by atoms with van der Waals surface area (Å²) < 4.78 is 12.2. The molecule has 3 rings (SSSR count). The number of halogens is 1. The number of hydrogen-bond donors (Lipinski definition) is 1. The second kappa shape index (κ2) is 9.49. The third-order valence-corrected chi connectivity index (χ3v) is 4.46. The van der Waals surface area contributed by atoms with Crippen molar-refractivity contribution in [2.45, 2.75) is 6.73 Å². The van der Waals surface area contributed by atoms with Crippen molar-refractivity contribution in [1.82, 2.24) is 20.0 Å². The fourth-order valence-corrected chi connectivity index (χ4v) is 2.88. The Morgan fingerprint density at radius 1 is 1.36 bits per heavy atom. The summed E-state index contributed by atoms with van der Waals surface area (Å²) >= 11 is 5.98. The SMILES string of the molecule is O=C(NCCN1CCOCC1)c1ccn(COc2ccc([N+](=O)[O-])cc2Cl)n1. The summed E-state index contributed by atoms with van der Waals surface area (Å²) in [7, 11) is 0. The predicted octanol–water partition coefficient (Wildman–Crippen LogP) is 1.54. The van der Waals surface area contributed by atoms with Gasteiger partial charge in [0.2, 0.25) is 0 Å². The van der Waals surface area contributed by atoms with Gasteiger partial charge in [-0.05, 0) is 12.1 Å². The van der Waals surface area contributed by atoms with Crippen LogP contribution in [-0.2, 0) is 11.5 Å². The van der Waals surface area contributed by atoms with Gasteiger partial charge in [0, 0.05) is 44.5 Å². The predicted molar refractivity (Wildman–Crippen MR) is 101 cm³/mol. The summed E-state index contributed by atoms with van der Waals surface area (Å²) in [4.78, 5) is 24.6. The van der Waals surface area contributed by atoms with Gasteiger partial charge in [0.1, 0.15) is 11.4 Å². The molecule has 0 spiro atoms. The molecule has 1 aromatic carbocycles. The summed E-state index contributed by atoms with van der Waals surface area (Å²) in [5.41, 5.74) is 0.160. The molecule has 1 aliphatic heterocycles. The van der Waals surface area contributed by atoms with E-state index in [1.54, 1.807) is 12.3 Å². The molecule has 0 bridgehead atoms. The molecule has 0 saturated carbocycles. The van der Waals surface area contributed by atoms with E-state index in [4.69, 9.17) is 21.1 Å². The van der Waals surface area contributed by atoms with Crippen LogP contribution in [0, 0.1) is 10.1 Å². The summed E-state index contributed by atoms with van der Waals surface area (Å²) in [6, 6.07) is 5.53. The van der Waals surface area contributed by atoms with Crippen LogP contribution in [0.4, 0.5) is 5.69 Å². The first-order chi connectivity index (χ1) is 13.5. The molecule has 150 valence electrons. The van der Waals surface area contributed by atoms with Crippen molar-refractivity contribution in [1.29, 1.82) is 0 Å². The van der Waals surface area contributed by atoms with E-state index in [1.807, 2.05) is 0 Å². The number of nitro groups is 1. The number of nitrogens with one attached hydrogen (secondary N) is 1. The number of carbonyl (C=O) groups excluding carboxylic acids is 1. The molecule has 2 heterocycles. The van der Waals surface area contributed by atoms with Crippen molar-refractivity contribution in [2.24, 2.45) is 0 Å². The van der Waals surface area contributed by atoms with E-state index in [0.717, 1.165) is 32.8 Å². The minimum Gasteiger partial charge on any atom is -0.470 e. The molecule has 0 atom stereocenters. The maximum absolute atomic E-state index is 12.2. The number of hydrogen-bond acceptors (Lipinski definition) is 7. The normalized spacial score (nSPS) is 14.6. The van der Waals surface area contributed by atoms with Gasteiger partial charge in [-0.3, -0.25) is 19.8 Å². The van der Waals surface area contributed by atoms with Crippen LogP contribution >= 0.6 is 11.6 Å². The first-order valence-corrected chi connectivity index (χ1v) is 9.09. The number of morpholine rings is 1. The van der Waals surface area contributed by atoms with E-state index in [0.29, 0.717) is 12.3 Å². The van der Waals surface area contributed by atoms with E-state index in [1.165, 1.54) is 22.9 Å². The molecule has 1 aliphatic rings. The molecule has 0 unspecified atom stereocenters. The third-order valence-electron chi connectivity index (χ3n) is 4.17. The Labute approximate surface area is 166 Å². The van der Waals surface area contributed by atoms with Gasteiger partial charge >= 0.3 is 0 Å². The monoisotopic (exact) mass is 409 g/mol. The Balaban J connectivity index is 1.47. The van der Waals surface area contributed by atoms with Crippen LogP contribution in [0.25, 0.3) is 0 Å². The van der Waals surface area contributed by atoms with Gasteiger partial charge < -0.3 is 14.8 Å². The van der Waals surface area contributed by atoms with Gasteiger partial charge in [-0.25, -0.2) is 4.68 Å². The number of nitrogens with zero attached hydrogens (tertiary/aromatic N) is 4. The topological polar surface area (TPSA) is 112 Å². The lowest BCUT2D eigenvalue weighted by Gasteiger charge is -2.26. The zero-order chi connectivity index (χ0) is 19.9. The van der Waals surface area contributed by atoms with Crippen molar-refractivity contribution in [3.05, 3.63) is 51.3 Å². The Hall–Kier alpha value is -2.69. The van der Waals surface area contributed by atoms with Crippen molar-refractivity contribution in [2.75, 3.05) is 39.4 Å². The van der Waals surface area contributed by atoms with E-state index in [-0.39, 0.29) is 29.0 Å². The van der Waals surface area contributed by atoms with Crippen LogP contribution in [0.15, 0.2) is 30.5 Å². The summed E-state index contributed by atoms with van der Waals surface area (Å²) in [5.74, 6) is 0.0275. The van der Waals surface area contributed by atoms with Crippen molar-refractivity contribution in [3.8, 4) is 5.75 Å². The van der Waals surface area contributed by atoms with Crippen molar-refractivity contribution in [3.63, 3.8) is 0 Å². The molecule has 2 aromatic rings. The molecule has 0 aliphatic carbocycles. The van der Waals surface area contributed by atoms with Gasteiger partial charge in [-0.15, -0.1) is 0 Å². The first kappa shape index (κ1) is 20.1. The third kappa shape index (κ3) is 5.41. The highest BCUT2D eigenvalue weighted by Crippen LogP contribution is 2.28. The summed E-state index contributed by atoms with van der Waals surface area (Å²) in [6.45, 7) is 4.48. The van der Waals surface area contributed by atoms with E-state index >= 15 is 0 Å². The van der Waals surface area contributed by atoms with E-state index < -0.39 is 4.92 Å². The molecule has 0 radical (unpaired) electrons. The number of carbonyl (C=O) groups is 1. The summed E-state index contributed by atoms with van der Waals surface area (Å²) in [6.07, 6.45) is 1.61. The Bertz CT molecular complexity index is 837. The number of non-ortho nitro benzene ring substituents is 1. The Morgan fingerprint density at radius 2 is 2.14 bits per heavy atom. The first-order valence-electron chi connectivity index (χ1n) is 8.71. The van der Waals surface area contributed by atoms with Crippen LogP contribution in [-0.4, -0.2) is 64.9 Å². The van der Waals surface area contributed by atoms with Gasteiger partial charge in [-0.1, -0.05) is 11.6 Å². The van der Waals surface area contributed by atoms with Crippen LogP contribution < -0.4 is 10.1 Å². The van der Waals surface area contributed by atoms with E-state index in [9.17, 15) is 14.9 Å². The molecule has 1 aromatic heterocycles. The fourth-order valence-electron chi connectivity index (χ4n) is 2.65. The molecular weight excluding hydrogens is 390 g/mol. The second-order valence-electron chi connectivity index (χ2n) is 6.10. The number of benzene rings is 1. The second-order valence-corrected chi connectivity index (χ2v) is 6.50. The van der Waals surface area contributed by atoms with Gasteiger partial charge in [0.15, 0.2) is 6.73 Å². The minimum absolute atomic E-state index is 0.0125. The number of amides is 1. The molecule has 1 saturated heterocycles. The fraction of sp³-hybridized carbons (Fsp3) is 0.412. The number of rotatable bonds is 8. The highest BCUT2D eigenvalue weighted by Gasteiger charge is 2.13.